The van der Waals surface area contributed by atoms with Gasteiger partial charge in [-0.3, -0.25) is 19.0 Å². The van der Waals surface area contributed by atoms with Crippen LogP contribution in [-0.4, -0.2) is 69.6 Å². The highest BCUT2D eigenvalue weighted by Gasteiger charge is 2.36. The van der Waals surface area contributed by atoms with Gasteiger partial charge >= 0.3 is 6.18 Å². The van der Waals surface area contributed by atoms with E-state index in [2.05, 4.69) is 10.3 Å². The van der Waals surface area contributed by atoms with Gasteiger partial charge < -0.3 is 19.9 Å². The zero-order valence-electron chi connectivity index (χ0n) is 24.7. The summed E-state index contributed by atoms with van der Waals surface area (Å²) in [6, 6.07) is 7.83. The van der Waals surface area contributed by atoms with Crippen molar-refractivity contribution in [3.8, 4) is 0 Å². The molecular formula is C31H36F3N5O4. The lowest BCUT2D eigenvalue weighted by Crippen LogP contribution is -2.48. The molecule has 2 aromatic carbocycles. The van der Waals surface area contributed by atoms with Gasteiger partial charge in [-0.15, -0.1) is 0 Å². The fraction of sp³-hybridized carbons (Fsp3) is 0.484. The van der Waals surface area contributed by atoms with Crippen LogP contribution in [0.25, 0.3) is 10.9 Å². The molecule has 2 fully saturated rings. The van der Waals surface area contributed by atoms with E-state index >= 15 is 0 Å². The molecule has 0 aliphatic carbocycles. The van der Waals surface area contributed by atoms with Gasteiger partial charge in [0.25, 0.3) is 11.5 Å². The predicted octanol–water partition coefficient (Wildman–Crippen LogP) is 4.77. The highest BCUT2D eigenvalue weighted by Crippen LogP contribution is 2.37. The third kappa shape index (κ3) is 6.53. The molecule has 2 aliphatic heterocycles. The van der Waals surface area contributed by atoms with E-state index in [1.54, 1.807) is 41.0 Å². The van der Waals surface area contributed by atoms with Crippen molar-refractivity contribution < 1.29 is 27.5 Å². The van der Waals surface area contributed by atoms with Crippen LogP contribution in [0, 0.1) is 6.92 Å². The Kier molecular flexibility index (Phi) is 8.51. The van der Waals surface area contributed by atoms with E-state index in [0.717, 1.165) is 18.9 Å². The molecule has 0 saturated carbocycles. The number of carbonyl (C=O) groups is 2. The van der Waals surface area contributed by atoms with Crippen LogP contribution in [0.5, 0.6) is 0 Å². The summed E-state index contributed by atoms with van der Waals surface area (Å²) in [5.41, 5.74) is -0.698. The number of morpholine rings is 1. The number of aromatic nitrogens is 2. The minimum Gasteiger partial charge on any atom is -0.379 e. The summed E-state index contributed by atoms with van der Waals surface area (Å²) in [5.74, 6) is -0.184. The maximum Gasteiger partial charge on any atom is 0.416 e. The number of hydrogen-bond acceptors (Lipinski definition) is 6. The molecule has 1 aromatic heterocycles. The first-order chi connectivity index (χ1) is 20.3. The van der Waals surface area contributed by atoms with Crippen LogP contribution in [0.3, 0.4) is 0 Å². The Morgan fingerprint density at radius 1 is 1.05 bits per heavy atom. The number of hydrogen-bond donors (Lipinski definition) is 1. The summed E-state index contributed by atoms with van der Waals surface area (Å²) in [5, 5.41) is 3.08. The van der Waals surface area contributed by atoms with Crippen LogP contribution < -0.4 is 10.9 Å². The Hall–Kier alpha value is -3.93. The van der Waals surface area contributed by atoms with Crippen LogP contribution in [0.2, 0.25) is 0 Å². The van der Waals surface area contributed by atoms with Crippen molar-refractivity contribution in [2.24, 2.45) is 0 Å². The van der Waals surface area contributed by atoms with Gasteiger partial charge in [0.15, 0.2) is 0 Å². The fourth-order valence-electron chi connectivity index (χ4n) is 5.95. The Labute approximate surface area is 247 Å². The van der Waals surface area contributed by atoms with E-state index < -0.39 is 23.3 Å². The van der Waals surface area contributed by atoms with Crippen molar-refractivity contribution in [3.63, 3.8) is 0 Å². The minimum absolute atomic E-state index is 0.00591. The smallest absolute Gasteiger partial charge is 0.379 e. The molecule has 12 heteroatoms. The number of carbonyl (C=O) groups excluding carboxylic acids is 2. The van der Waals surface area contributed by atoms with Crippen LogP contribution >= 0.6 is 0 Å². The number of fused-ring (bicyclic) bond motifs is 1. The van der Waals surface area contributed by atoms with Gasteiger partial charge in [-0.1, -0.05) is 0 Å². The highest BCUT2D eigenvalue weighted by molar-refractivity contribution is 5.94. The Balaban J connectivity index is 1.42. The van der Waals surface area contributed by atoms with Crippen LogP contribution in [0.1, 0.15) is 67.0 Å². The van der Waals surface area contributed by atoms with Crippen LogP contribution in [0.15, 0.2) is 41.2 Å². The summed E-state index contributed by atoms with van der Waals surface area (Å²) in [6.07, 6.45) is -3.05. The normalized spacial score (nSPS) is 20.0. The van der Waals surface area contributed by atoms with Crippen molar-refractivity contribution in [2.45, 2.75) is 71.5 Å². The number of anilines is 1. The second-order valence-corrected chi connectivity index (χ2v) is 11.5. The molecule has 2 amide bonds. The van der Waals surface area contributed by atoms with E-state index in [4.69, 9.17) is 4.74 Å². The zero-order chi connectivity index (χ0) is 31.1. The average Bonchev–Trinajstić information content (AvgIpc) is 3.49. The van der Waals surface area contributed by atoms with Gasteiger partial charge in [0.2, 0.25) is 5.91 Å². The second-order valence-electron chi connectivity index (χ2n) is 11.5. The van der Waals surface area contributed by atoms with Gasteiger partial charge in [0.1, 0.15) is 12.4 Å². The summed E-state index contributed by atoms with van der Waals surface area (Å²) < 4.78 is 49.6. The third-order valence-corrected chi connectivity index (χ3v) is 8.06. The number of alkyl halides is 3. The molecule has 9 nitrogen and oxygen atoms in total. The van der Waals surface area contributed by atoms with Crippen molar-refractivity contribution in [1.82, 2.24) is 19.4 Å². The molecule has 0 radical (unpaired) electrons. The molecule has 3 heterocycles. The first kappa shape index (κ1) is 30.5. The minimum atomic E-state index is -4.70. The van der Waals surface area contributed by atoms with Gasteiger partial charge in [-0.05, 0) is 82.5 Å². The number of ether oxygens (including phenoxy) is 1. The maximum absolute atomic E-state index is 14.2. The van der Waals surface area contributed by atoms with Crippen molar-refractivity contribution in [1.29, 1.82) is 0 Å². The average molecular weight is 600 g/mol. The molecule has 2 aliphatic rings. The number of nitrogens with zero attached hydrogens (tertiary/aromatic N) is 4. The highest BCUT2D eigenvalue weighted by atomic mass is 19.4. The largest absolute Gasteiger partial charge is 0.416 e. The van der Waals surface area contributed by atoms with Gasteiger partial charge in [-0.25, -0.2) is 4.98 Å². The van der Waals surface area contributed by atoms with E-state index in [0.29, 0.717) is 37.4 Å². The molecule has 230 valence electrons. The van der Waals surface area contributed by atoms with E-state index in [1.807, 2.05) is 13.8 Å². The Bertz CT molecular complexity index is 1570. The number of rotatable bonds is 6. The topological polar surface area (TPSA) is 96.8 Å². The lowest BCUT2D eigenvalue weighted by Gasteiger charge is -2.35. The SMILES string of the molecule is Cc1nc2cc(C(F)(F)F)c([C@H](C)Nc3ccc(C(=O)N4C[C@@H](C)O[C@@H](C)C4)cc3)cc2c(=O)n1CC(=O)N1CCCC1. The number of halogens is 3. The van der Waals surface area contributed by atoms with Gasteiger partial charge in [-0.2, -0.15) is 13.2 Å². The number of likely N-dealkylation sites (tertiary alicyclic amines) is 1. The molecule has 0 bridgehead atoms. The molecule has 5 rings (SSSR count). The lowest BCUT2D eigenvalue weighted by atomic mass is 9.98. The van der Waals surface area contributed by atoms with Crippen LogP contribution in [0.4, 0.5) is 18.9 Å². The fourth-order valence-corrected chi connectivity index (χ4v) is 5.95. The summed E-state index contributed by atoms with van der Waals surface area (Å²) in [6.45, 7) is 8.88. The quantitative estimate of drug-likeness (QED) is 0.439. The summed E-state index contributed by atoms with van der Waals surface area (Å²) in [7, 11) is 0. The first-order valence-corrected chi connectivity index (χ1v) is 14.5. The monoisotopic (exact) mass is 599 g/mol. The van der Waals surface area contributed by atoms with Gasteiger partial charge in [0.05, 0.1) is 28.7 Å². The number of amides is 2. The Morgan fingerprint density at radius 3 is 2.28 bits per heavy atom. The first-order valence-electron chi connectivity index (χ1n) is 14.5. The molecule has 2 saturated heterocycles. The maximum atomic E-state index is 14.2. The van der Waals surface area contributed by atoms with Gasteiger partial charge in [0, 0.05) is 43.5 Å². The number of benzene rings is 2. The molecule has 43 heavy (non-hydrogen) atoms. The molecule has 3 atom stereocenters. The molecule has 0 unspecified atom stereocenters. The number of nitrogens with one attached hydrogen (secondary N) is 1. The molecule has 0 spiro atoms. The van der Waals surface area contributed by atoms with E-state index in [-0.39, 0.29) is 52.9 Å². The number of aryl methyl sites for hydroxylation is 1. The lowest BCUT2D eigenvalue weighted by molar-refractivity contribution is -0.138. The van der Waals surface area contributed by atoms with Crippen molar-refractivity contribution in [3.05, 3.63) is 69.3 Å². The Morgan fingerprint density at radius 2 is 1.67 bits per heavy atom. The zero-order valence-corrected chi connectivity index (χ0v) is 24.7. The van der Waals surface area contributed by atoms with Crippen molar-refractivity contribution >= 4 is 28.4 Å². The van der Waals surface area contributed by atoms with Crippen molar-refractivity contribution in [2.75, 3.05) is 31.5 Å². The summed E-state index contributed by atoms with van der Waals surface area (Å²) >= 11 is 0. The van der Waals surface area contributed by atoms with E-state index in [9.17, 15) is 27.6 Å². The molecular weight excluding hydrogens is 563 g/mol. The van der Waals surface area contributed by atoms with Crippen LogP contribution in [-0.2, 0) is 22.3 Å². The third-order valence-electron chi connectivity index (χ3n) is 8.06. The second kappa shape index (κ2) is 12.0. The molecule has 3 aromatic rings. The predicted molar refractivity (Wildman–Crippen MR) is 156 cm³/mol. The summed E-state index contributed by atoms with van der Waals surface area (Å²) in [4.78, 5) is 46.9. The standard InChI is InChI=1S/C31H36F3N5O4/c1-18-15-38(16-19(2)43-18)29(41)22-7-9-23(10-8-22)35-20(3)24-13-25-27(14-26(24)31(32,33)34)36-21(4)39(30(25)42)17-28(40)37-11-5-6-12-37/h7-10,13-14,18-20,35H,5-6,11-12,15-17H2,1-4H3/t18-,19+,20-/m0/s1. The molecule has 1 N–H and O–H groups in total. The van der Waals surface area contributed by atoms with E-state index in [1.165, 1.54) is 17.6 Å².